The van der Waals surface area contributed by atoms with Crippen LogP contribution in [0.4, 0.5) is 5.69 Å². The summed E-state index contributed by atoms with van der Waals surface area (Å²) < 4.78 is 0.955. The normalized spacial score (nSPS) is 11.6. The average molecular weight is 333 g/mol. The third kappa shape index (κ3) is 3.52. The zero-order chi connectivity index (χ0) is 13.7. The predicted octanol–water partition coefficient (Wildman–Crippen LogP) is 4.85. The molecule has 2 nitrogen and oxygen atoms in total. The van der Waals surface area contributed by atoms with Gasteiger partial charge >= 0.3 is 0 Å². The van der Waals surface area contributed by atoms with Gasteiger partial charge in [-0.25, -0.2) is 0 Å². The van der Waals surface area contributed by atoms with Crippen LogP contribution in [-0.4, -0.2) is 6.26 Å². The second-order valence-electron chi connectivity index (χ2n) is 3.96. The molecule has 96 valence electrons. The van der Waals surface area contributed by atoms with Gasteiger partial charge < -0.3 is 5.32 Å². The van der Waals surface area contributed by atoms with E-state index in [4.69, 9.17) is 0 Å². The Morgan fingerprint density at radius 3 is 2.42 bits per heavy atom. The van der Waals surface area contributed by atoms with Crippen molar-refractivity contribution < 1.29 is 0 Å². The van der Waals surface area contributed by atoms with E-state index in [1.807, 2.05) is 54.8 Å². The molecule has 19 heavy (non-hydrogen) atoms. The number of thioether (sulfide) groups is 1. The summed E-state index contributed by atoms with van der Waals surface area (Å²) in [5.74, 6) is 0. The van der Waals surface area contributed by atoms with Crippen LogP contribution in [0, 0.1) is 11.3 Å². The van der Waals surface area contributed by atoms with E-state index in [2.05, 4.69) is 27.3 Å². The topological polar surface area (TPSA) is 35.8 Å². The minimum Gasteiger partial charge on any atom is -0.365 e. The monoisotopic (exact) mass is 332 g/mol. The van der Waals surface area contributed by atoms with Gasteiger partial charge in [-0.1, -0.05) is 24.3 Å². The highest BCUT2D eigenvalue weighted by Crippen LogP contribution is 2.27. The molecule has 0 fully saturated rings. The Bertz CT molecular complexity index is 590. The van der Waals surface area contributed by atoms with Crippen LogP contribution in [0.3, 0.4) is 0 Å². The molecule has 1 unspecified atom stereocenters. The molecule has 0 heterocycles. The number of rotatable bonds is 4. The SMILES string of the molecule is CSc1ccc(C(C#N)Nc2ccccc2Br)cc1. The number of anilines is 1. The van der Waals surface area contributed by atoms with E-state index in [-0.39, 0.29) is 6.04 Å². The zero-order valence-electron chi connectivity index (χ0n) is 10.4. The summed E-state index contributed by atoms with van der Waals surface area (Å²) >= 11 is 5.17. The molecule has 0 aliphatic heterocycles. The third-order valence-electron chi connectivity index (χ3n) is 2.75. The fourth-order valence-corrected chi connectivity index (χ4v) is 2.53. The van der Waals surface area contributed by atoms with Crippen LogP contribution in [0.25, 0.3) is 0 Å². The van der Waals surface area contributed by atoms with Crippen LogP contribution in [0.5, 0.6) is 0 Å². The minimum absolute atomic E-state index is 0.352. The van der Waals surface area contributed by atoms with Crippen molar-refractivity contribution >= 4 is 33.4 Å². The lowest BCUT2D eigenvalue weighted by Crippen LogP contribution is -2.08. The molecule has 1 atom stereocenters. The Morgan fingerprint density at radius 2 is 1.84 bits per heavy atom. The quantitative estimate of drug-likeness (QED) is 0.813. The summed E-state index contributed by atoms with van der Waals surface area (Å²) in [6, 6.07) is 17.8. The molecule has 0 aliphatic rings. The van der Waals surface area contributed by atoms with Crippen LogP contribution < -0.4 is 5.32 Å². The molecule has 2 rings (SSSR count). The maximum atomic E-state index is 9.33. The fourth-order valence-electron chi connectivity index (χ4n) is 1.72. The van der Waals surface area contributed by atoms with Crippen molar-refractivity contribution in [2.75, 3.05) is 11.6 Å². The molecule has 0 aromatic heterocycles. The second-order valence-corrected chi connectivity index (χ2v) is 5.69. The fraction of sp³-hybridized carbons (Fsp3) is 0.133. The Hall–Kier alpha value is -1.44. The first-order chi connectivity index (χ1) is 9.24. The number of nitrogens with zero attached hydrogens (tertiary/aromatic N) is 1. The van der Waals surface area contributed by atoms with Gasteiger partial charge in [-0.15, -0.1) is 11.8 Å². The maximum Gasteiger partial charge on any atom is 0.140 e. The molecular weight excluding hydrogens is 320 g/mol. The highest BCUT2D eigenvalue weighted by molar-refractivity contribution is 9.10. The molecule has 0 aliphatic carbocycles. The molecule has 0 saturated heterocycles. The van der Waals surface area contributed by atoms with Crippen molar-refractivity contribution in [2.45, 2.75) is 10.9 Å². The Morgan fingerprint density at radius 1 is 1.16 bits per heavy atom. The van der Waals surface area contributed by atoms with Crippen molar-refractivity contribution in [3.63, 3.8) is 0 Å². The number of benzene rings is 2. The summed E-state index contributed by atoms with van der Waals surface area (Å²) in [6.45, 7) is 0. The zero-order valence-corrected chi connectivity index (χ0v) is 12.8. The number of nitriles is 1. The molecule has 0 radical (unpaired) electrons. The van der Waals surface area contributed by atoms with Gasteiger partial charge in [0.2, 0.25) is 0 Å². The number of nitrogens with one attached hydrogen (secondary N) is 1. The second kappa shape index (κ2) is 6.65. The van der Waals surface area contributed by atoms with Crippen LogP contribution in [0.15, 0.2) is 57.9 Å². The molecular formula is C15H13BrN2S. The molecule has 1 N–H and O–H groups in total. The van der Waals surface area contributed by atoms with Crippen LogP contribution in [-0.2, 0) is 0 Å². The van der Waals surface area contributed by atoms with Gasteiger partial charge in [0.05, 0.1) is 6.07 Å². The molecule has 2 aromatic carbocycles. The minimum atomic E-state index is -0.352. The maximum absolute atomic E-state index is 9.33. The molecule has 0 saturated carbocycles. The lowest BCUT2D eigenvalue weighted by molar-refractivity contribution is 0.992. The molecule has 4 heteroatoms. The highest BCUT2D eigenvalue weighted by atomic mass is 79.9. The first-order valence-corrected chi connectivity index (χ1v) is 7.81. The Labute approximate surface area is 126 Å². The van der Waals surface area contributed by atoms with E-state index in [1.54, 1.807) is 11.8 Å². The Kier molecular flexibility index (Phi) is 4.89. The lowest BCUT2D eigenvalue weighted by Gasteiger charge is -2.14. The Balaban J connectivity index is 2.21. The van der Waals surface area contributed by atoms with Gasteiger partial charge in [0, 0.05) is 15.1 Å². The van der Waals surface area contributed by atoms with E-state index in [0.29, 0.717) is 0 Å². The largest absolute Gasteiger partial charge is 0.365 e. The highest BCUT2D eigenvalue weighted by Gasteiger charge is 2.11. The van der Waals surface area contributed by atoms with E-state index in [1.165, 1.54) is 4.90 Å². The smallest absolute Gasteiger partial charge is 0.140 e. The van der Waals surface area contributed by atoms with Gasteiger partial charge in [0.25, 0.3) is 0 Å². The van der Waals surface area contributed by atoms with Crippen molar-refractivity contribution in [3.05, 3.63) is 58.6 Å². The van der Waals surface area contributed by atoms with E-state index in [0.717, 1.165) is 15.7 Å². The first kappa shape index (κ1) is 14.0. The lowest BCUT2D eigenvalue weighted by atomic mass is 10.1. The molecule has 0 bridgehead atoms. The van der Waals surface area contributed by atoms with Crippen molar-refractivity contribution in [2.24, 2.45) is 0 Å². The summed E-state index contributed by atoms with van der Waals surface area (Å²) in [6.07, 6.45) is 2.04. The predicted molar refractivity (Wildman–Crippen MR) is 84.3 cm³/mol. The van der Waals surface area contributed by atoms with Gasteiger partial charge in [-0.2, -0.15) is 5.26 Å². The van der Waals surface area contributed by atoms with Crippen molar-refractivity contribution in [1.82, 2.24) is 0 Å². The van der Waals surface area contributed by atoms with E-state index < -0.39 is 0 Å². The standard InChI is InChI=1S/C15H13BrN2S/c1-19-12-8-6-11(7-9-12)15(10-17)18-14-5-3-2-4-13(14)16/h2-9,15,18H,1H3. The summed E-state index contributed by atoms with van der Waals surface area (Å²) in [4.78, 5) is 1.20. The van der Waals surface area contributed by atoms with Gasteiger partial charge in [-0.3, -0.25) is 0 Å². The summed E-state index contributed by atoms with van der Waals surface area (Å²) in [5.41, 5.74) is 1.89. The van der Waals surface area contributed by atoms with E-state index in [9.17, 15) is 5.26 Å². The molecule has 0 spiro atoms. The van der Waals surface area contributed by atoms with Crippen LogP contribution in [0.2, 0.25) is 0 Å². The number of para-hydroxylation sites is 1. The van der Waals surface area contributed by atoms with Gasteiger partial charge in [0.15, 0.2) is 0 Å². The molecule has 0 amide bonds. The van der Waals surface area contributed by atoms with Crippen molar-refractivity contribution in [3.8, 4) is 6.07 Å². The first-order valence-electron chi connectivity index (χ1n) is 5.79. The summed E-state index contributed by atoms with van der Waals surface area (Å²) in [7, 11) is 0. The summed E-state index contributed by atoms with van der Waals surface area (Å²) in [5, 5.41) is 12.6. The average Bonchev–Trinajstić information content (AvgIpc) is 2.47. The van der Waals surface area contributed by atoms with E-state index >= 15 is 0 Å². The van der Waals surface area contributed by atoms with Gasteiger partial charge in [-0.05, 0) is 52.0 Å². The third-order valence-corrected chi connectivity index (χ3v) is 4.19. The van der Waals surface area contributed by atoms with Gasteiger partial charge in [0.1, 0.15) is 6.04 Å². The number of hydrogen-bond donors (Lipinski definition) is 1. The number of hydrogen-bond acceptors (Lipinski definition) is 3. The molecule has 2 aromatic rings. The number of halogens is 1. The van der Waals surface area contributed by atoms with Crippen molar-refractivity contribution in [1.29, 1.82) is 5.26 Å². The van der Waals surface area contributed by atoms with Crippen LogP contribution in [0.1, 0.15) is 11.6 Å². The van der Waals surface area contributed by atoms with Crippen LogP contribution >= 0.6 is 27.7 Å².